The molecule has 1 aromatic rings. The monoisotopic (exact) mass is 366 g/mol. The largest absolute Gasteiger partial charge is 0.0625 e. The molecule has 27 heavy (non-hydrogen) atoms. The van der Waals surface area contributed by atoms with Crippen LogP contribution in [0.5, 0.6) is 0 Å². The van der Waals surface area contributed by atoms with E-state index >= 15 is 0 Å². The van der Waals surface area contributed by atoms with Gasteiger partial charge in [0.25, 0.3) is 0 Å². The lowest BCUT2D eigenvalue weighted by molar-refractivity contribution is 0.106. The predicted octanol–water partition coefficient (Wildman–Crippen LogP) is 7.98. The third kappa shape index (κ3) is 5.18. The van der Waals surface area contributed by atoms with E-state index in [1.807, 2.05) is 0 Å². The van der Waals surface area contributed by atoms with Crippen LogP contribution in [-0.4, -0.2) is 0 Å². The molecule has 3 aliphatic carbocycles. The van der Waals surface area contributed by atoms with Gasteiger partial charge in [-0.2, -0.15) is 0 Å². The molecule has 0 nitrogen and oxygen atoms in total. The van der Waals surface area contributed by atoms with Crippen LogP contribution >= 0.6 is 0 Å². The topological polar surface area (TPSA) is 0 Å². The molecular weight excluding hydrogens is 324 g/mol. The molecule has 0 aromatic heterocycles. The molecular formula is C27H42. The standard InChI is InChI=1S/C27H42/c1-20-3-7-22(8-4-20)19-23-9-13-25(14-10-23)27-17-15-26(16-18-27)24-11-5-21(2)6-12-24/h3-4,7-8,21,23-27H,5-6,9-19H2,1-2H3. The lowest BCUT2D eigenvalue weighted by atomic mass is 9.65. The van der Waals surface area contributed by atoms with E-state index in [0.29, 0.717) is 0 Å². The minimum atomic E-state index is 0.949. The molecule has 150 valence electrons. The van der Waals surface area contributed by atoms with Crippen molar-refractivity contribution in [2.45, 2.75) is 97.3 Å². The summed E-state index contributed by atoms with van der Waals surface area (Å²) in [5.41, 5.74) is 2.95. The Kier molecular flexibility index (Phi) is 6.62. The first-order chi connectivity index (χ1) is 13.2. The number of benzene rings is 1. The molecule has 0 radical (unpaired) electrons. The average Bonchev–Trinajstić information content (AvgIpc) is 2.71. The van der Waals surface area contributed by atoms with Crippen LogP contribution in [0.3, 0.4) is 0 Å². The summed E-state index contributed by atoms with van der Waals surface area (Å²) in [5, 5.41) is 0. The summed E-state index contributed by atoms with van der Waals surface area (Å²) in [6, 6.07) is 9.28. The Balaban J connectivity index is 1.19. The van der Waals surface area contributed by atoms with Crippen molar-refractivity contribution in [2.75, 3.05) is 0 Å². The lowest BCUT2D eigenvalue weighted by Gasteiger charge is -2.41. The number of rotatable bonds is 4. The summed E-state index contributed by atoms with van der Waals surface area (Å²) in [6.45, 7) is 4.65. The Morgan fingerprint density at radius 2 is 1.00 bits per heavy atom. The van der Waals surface area contributed by atoms with E-state index in [4.69, 9.17) is 0 Å². The van der Waals surface area contributed by atoms with Crippen molar-refractivity contribution in [3.63, 3.8) is 0 Å². The summed E-state index contributed by atoms with van der Waals surface area (Å²) < 4.78 is 0. The summed E-state index contributed by atoms with van der Waals surface area (Å²) in [4.78, 5) is 0. The predicted molar refractivity (Wildman–Crippen MR) is 117 cm³/mol. The van der Waals surface area contributed by atoms with Crippen molar-refractivity contribution < 1.29 is 0 Å². The van der Waals surface area contributed by atoms with Crippen LogP contribution in [0.25, 0.3) is 0 Å². The van der Waals surface area contributed by atoms with Gasteiger partial charge >= 0.3 is 0 Å². The smallest absolute Gasteiger partial charge is 0.0250 e. The fraction of sp³-hybridized carbons (Fsp3) is 0.778. The molecule has 1 aromatic carbocycles. The van der Waals surface area contributed by atoms with Gasteiger partial charge in [-0.3, -0.25) is 0 Å². The summed E-state index contributed by atoms with van der Waals surface area (Å²) >= 11 is 0. The Morgan fingerprint density at radius 1 is 0.593 bits per heavy atom. The SMILES string of the molecule is Cc1ccc(CC2CCC(C3CCC(C4CCC(C)CC4)CC3)CC2)cc1. The van der Waals surface area contributed by atoms with Gasteiger partial charge in [0, 0.05) is 0 Å². The van der Waals surface area contributed by atoms with E-state index in [1.165, 1.54) is 50.5 Å². The van der Waals surface area contributed by atoms with Crippen LogP contribution in [0.4, 0.5) is 0 Å². The molecule has 4 rings (SSSR count). The number of hydrogen-bond acceptors (Lipinski definition) is 0. The van der Waals surface area contributed by atoms with Crippen molar-refractivity contribution in [3.05, 3.63) is 35.4 Å². The third-order valence-electron chi connectivity index (χ3n) is 8.75. The molecule has 3 aliphatic rings. The molecule has 3 saturated carbocycles. The van der Waals surface area contributed by atoms with Crippen LogP contribution in [0.2, 0.25) is 0 Å². The molecule has 0 atom stereocenters. The van der Waals surface area contributed by atoms with Crippen LogP contribution in [0, 0.1) is 42.4 Å². The highest BCUT2D eigenvalue weighted by Gasteiger charge is 2.34. The maximum Gasteiger partial charge on any atom is -0.0250 e. The fourth-order valence-corrected chi connectivity index (χ4v) is 6.77. The van der Waals surface area contributed by atoms with Crippen LogP contribution in [0.15, 0.2) is 24.3 Å². The minimum Gasteiger partial charge on any atom is -0.0625 e. The zero-order valence-electron chi connectivity index (χ0n) is 18.0. The number of hydrogen-bond donors (Lipinski definition) is 0. The number of aryl methyl sites for hydroxylation is 1. The molecule has 0 amide bonds. The summed E-state index contributed by atoms with van der Waals surface area (Å²) in [6.07, 6.45) is 19.7. The van der Waals surface area contributed by atoms with Crippen LogP contribution < -0.4 is 0 Å². The van der Waals surface area contributed by atoms with Crippen molar-refractivity contribution in [2.24, 2.45) is 35.5 Å². The molecule has 0 saturated heterocycles. The molecule has 0 unspecified atom stereocenters. The van der Waals surface area contributed by atoms with E-state index in [9.17, 15) is 0 Å². The van der Waals surface area contributed by atoms with Crippen molar-refractivity contribution in [1.29, 1.82) is 0 Å². The first-order valence-electron chi connectivity index (χ1n) is 12.2. The Bertz CT molecular complexity index is 546. The normalized spacial score (nSPS) is 37.9. The van der Waals surface area contributed by atoms with Gasteiger partial charge in [0.15, 0.2) is 0 Å². The molecule has 3 fully saturated rings. The Morgan fingerprint density at radius 3 is 1.48 bits per heavy atom. The quantitative estimate of drug-likeness (QED) is 0.506. The maximum absolute atomic E-state index is 2.46. The van der Waals surface area contributed by atoms with E-state index < -0.39 is 0 Å². The maximum atomic E-state index is 2.46. The van der Waals surface area contributed by atoms with Gasteiger partial charge in [-0.15, -0.1) is 0 Å². The first kappa shape index (κ1) is 19.5. The lowest BCUT2D eigenvalue weighted by Crippen LogP contribution is -2.29. The van der Waals surface area contributed by atoms with E-state index in [-0.39, 0.29) is 0 Å². The van der Waals surface area contributed by atoms with E-state index in [1.54, 1.807) is 44.1 Å². The molecule has 0 heterocycles. The summed E-state index contributed by atoms with van der Waals surface area (Å²) in [7, 11) is 0. The van der Waals surface area contributed by atoms with Crippen molar-refractivity contribution in [3.8, 4) is 0 Å². The molecule has 0 bridgehead atoms. The second-order valence-electron chi connectivity index (χ2n) is 10.7. The summed E-state index contributed by atoms with van der Waals surface area (Å²) in [5.74, 6) is 6.27. The van der Waals surface area contributed by atoms with Crippen LogP contribution in [0.1, 0.15) is 95.1 Å². The third-order valence-corrected chi connectivity index (χ3v) is 8.75. The zero-order valence-corrected chi connectivity index (χ0v) is 18.0. The van der Waals surface area contributed by atoms with Gasteiger partial charge in [0.05, 0.1) is 0 Å². The van der Waals surface area contributed by atoms with Gasteiger partial charge in [-0.25, -0.2) is 0 Å². The van der Waals surface area contributed by atoms with Gasteiger partial charge in [-0.1, -0.05) is 49.6 Å². The second-order valence-corrected chi connectivity index (χ2v) is 10.7. The van der Waals surface area contributed by atoms with E-state index in [2.05, 4.69) is 38.1 Å². The zero-order chi connectivity index (χ0) is 18.6. The van der Waals surface area contributed by atoms with Gasteiger partial charge in [-0.05, 0) is 119 Å². The van der Waals surface area contributed by atoms with Crippen molar-refractivity contribution in [1.82, 2.24) is 0 Å². The van der Waals surface area contributed by atoms with Crippen LogP contribution in [-0.2, 0) is 6.42 Å². The first-order valence-corrected chi connectivity index (χ1v) is 12.2. The molecule has 0 aliphatic heterocycles. The van der Waals surface area contributed by atoms with Gasteiger partial charge in [0.1, 0.15) is 0 Å². The highest BCUT2D eigenvalue weighted by atomic mass is 14.4. The Labute approximate surface area is 168 Å². The van der Waals surface area contributed by atoms with Gasteiger partial charge in [0.2, 0.25) is 0 Å². The molecule has 0 N–H and O–H groups in total. The van der Waals surface area contributed by atoms with Crippen molar-refractivity contribution >= 4 is 0 Å². The second kappa shape index (κ2) is 9.15. The Hall–Kier alpha value is -0.780. The van der Waals surface area contributed by atoms with Gasteiger partial charge < -0.3 is 0 Å². The minimum absolute atomic E-state index is 0.949. The average molecular weight is 367 g/mol. The molecule has 0 spiro atoms. The fourth-order valence-electron chi connectivity index (χ4n) is 6.77. The highest BCUT2D eigenvalue weighted by Crippen LogP contribution is 2.46. The molecule has 0 heteroatoms. The highest BCUT2D eigenvalue weighted by molar-refractivity contribution is 5.21. The van der Waals surface area contributed by atoms with E-state index in [0.717, 1.165) is 35.5 Å².